The van der Waals surface area contributed by atoms with E-state index in [1.54, 1.807) is 0 Å². The third-order valence-corrected chi connectivity index (χ3v) is 5.27. The Labute approximate surface area is 120 Å². The van der Waals surface area contributed by atoms with Crippen molar-refractivity contribution in [3.8, 4) is 0 Å². The maximum Gasteiger partial charge on any atom is 0.136 e. The maximum absolute atomic E-state index is 12.4. The van der Waals surface area contributed by atoms with Crippen LogP contribution >= 0.6 is 0 Å². The molecule has 3 atom stereocenters. The standard InChI is InChI=1S/C17H30O.CH4/c1-2-3-4-5-13-17(18)16-12-8-10-14-9-6-7-11-15(14)16;/h14-16H,2-13H2,1H3;1H4. The van der Waals surface area contributed by atoms with Gasteiger partial charge in [-0.3, -0.25) is 4.79 Å². The fraction of sp³-hybridized carbons (Fsp3) is 0.944. The molecule has 1 heteroatoms. The summed E-state index contributed by atoms with van der Waals surface area (Å²) in [5.41, 5.74) is 0. The molecule has 2 aliphatic carbocycles. The normalized spacial score (nSPS) is 30.3. The number of hydrogen-bond acceptors (Lipinski definition) is 1. The summed E-state index contributed by atoms with van der Waals surface area (Å²) in [5.74, 6) is 2.73. The molecule has 0 saturated heterocycles. The van der Waals surface area contributed by atoms with Crippen molar-refractivity contribution in [3.05, 3.63) is 0 Å². The monoisotopic (exact) mass is 266 g/mol. The molecule has 0 aromatic heterocycles. The third kappa shape index (κ3) is 4.61. The number of ketones is 1. The SMILES string of the molecule is C.CCCCCCC(=O)C1CCCC2CCCCC21. The molecule has 0 aliphatic heterocycles. The van der Waals surface area contributed by atoms with Crippen LogP contribution < -0.4 is 0 Å². The van der Waals surface area contributed by atoms with Crippen molar-refractivity contribution in [1.29, 1.82) is 0 Å². The molecule has 112 valence electrons. The van der Waals surface area contributed by atoms with E-state index in [1.165, 1.54) is 64.2 Å². The molecule has 3 unspecified atom stereocenters. The molecule has 19 heavy (non-hydrogen) atoms. The summed E-state index contributed by atoms with van der Waals surface area (Å²) in [7, 11) is 0. The molecule has 0 bridgehead atoms. The second-order valence-corrected chi connectivity index (χ2v) is 6.52. The summed E-state index contributed by atoms with van der Waals surface area (Å²) in [5, 5.41) is 0. The lowest BCUT2D eigenvalue weighted by molar-refractivity contribution is -0.127. The van der Waals surface area contributed by atoms with Gasteiger partial charge in [-0.25, -0.2) is 0 Å². The molecule has 0 amide bonds. The highest BCUT2D eigenvalue weighted by Gasteiger charge is 2.37. The van der Waals surface area contributed by atoms with Gasteiger partial charge in [0.1, 0.15) is 5.78 Å². The number of carbonyl (C=O) groups is 1. The second-order valence-electron chi connectivity index (χ2n) is 6.52. The van der Waals surface area contributed by atoms with Crippen LogP contribution in [0.1, 0.15) is 91.4 Å². The Kier molecular flexibility index (Phi) is 7.71. The Morgan fingerprint density at radius 2 is 1.68 bits per heavy atom. The Hall–Kier alpha value is -0.330. The van der Waals surface area contributed by atoms with Crippen molar-refractivity contribution in [1.82, 2.24) is 0 Å². The highest BCUT2D eigenvalue weighted by atomic mass is 16.1. The van der Waals surface area contributed by atoms with Crippen molar-refractivity contribution in [2.75, 3.05) is 0 Å². The van der Waals surface area contributed by atoms with Gasteiger partial charge < -0.3 is 0 Å². The Bertz CT molecular complexity index is 256. The van der Waals surface area contributed by atoms with E-state index >= 15 is 0 Å². The molecule has 2 rings (SSSR count). The zero-order valence-corrected chi connectivity index (χ0v) is 12.1. The highest BCUT2D eigenvalue weighted by molar-refractivity contribution is 5.81. The van der Waals surface area contributed by atoms with E-state index in [0.717, 1.165) is 24.7 Å². The molecule has 0 radical (unpaired) electrons. The first-order chi connectivity index (χ1) is 8.83. The Morgan fingerprint density at radius 3 is 2.47 bits per heavy atom. The molecule has 2 saturated carbocycles. The second kappa shape index (κ2) is 8.76. The van der Waals surface area contributed by atoms with Gasteiger partial charge in [0.2, 0.25) is 0 Å². The third-order valence-electron chi connectivity index (χ3n) is 5.27. The van der Waals surface area contributed by atoms with E-state index in [1.807, 2.05) is 0 Å². The van der Waals surface area contributed by atoms with E-state index in [0.29, 0.717) is 11.7 Å². The van der Waals surface area contributed by atoms with Gasteiger partial charge in [0.15, 0.2) is 0 Å². The molecule has 0 N–H and O–H groups in total. The van der Waals surface area contributed by atoms with Crippen molar-refractivity contribution >= 4 is 5.78 Å². The van der Waals surface area contributed by atoms with Crippen LogP contribution in [-0.2, 0) is 4.79 Å². The predicted molar refractivity (Wildman–Crippen MR) is 83.3 cm³/mol. The fourth-order valence-electron chi connectivity index (χ4n) is 4.25. The molecule has 2 fully saturated rings. The first kappa shape index (κ1) is 16.7. The number of carbonyl (C=O) groups excluding carboxylic acids is 1. The van der Waals surface area contributed by atoms with Gasteiger partial charge in [-0.1, -0.05) is 65.7 Å². The largest absolute Gasteiger partial charge is 0.299 e. The zero-order valence-electron chi connectivity index (χ0n) is 12.1. The van der Waals surface area contributed by atoms with E-state index < -0.39 is 0 Å². The average molecular weight is 266 g/mol. The summed E-state index contributed by atoms with van der Waals surface area (Å²) < 4.78 is 0. The number of unbranched alkanes of at least 4 members (excludes halogenated alkanes) is 3. The Balaban J connectivity index is 0.00000180. The summed E-state index contributed by atoms with van der Waals surface area (Å²) >= 11 is 0. The summed E-state index contributed by atoms with van der Waals surface area (Å²) in [6, 6.07) is 0. The number of hydrogen-bond donors (Lipinski definition) is 0. The van der Waals surface area contributed by atoms with E-state index in [-0.39, 0.29) is 7.43 Å². The topological polar surface area (TPSA) is 17.1 Å². The molecule has 0 heterocycles. The first-order valence-corrected chi connectivity index (χ1v) is 8.35. The molecule has 2 aliphatic rings. The van der Waals surface area contributed by atoms with Crippen LogP contribution in [0.25, 0.3) is 0 Å². The lowest BCUT2D eigenvalue weighted by atomic mass is 9.64. The van der Waals surface area contributed by atoms with Crippen LogP contribution in [0.15, 0.2) is 0 Å². The molecule has 0 aromatic rings. The van der Waals surface area contributed by atoms with Gasteiger partial charge >= 0.3 is 0 Å². The highest BCUT2D eigenvalue weighted by Crippen LogP contribution is 2.44. The quantitative estimate of drug-likeness (QED) is 0.558. The first-order valence-electron chi connectivity index (χ1n) is 8.35. The van der Waals surface area contributed by atoms with Crippen molar-refractivity contribution in [3.63, 3.8) is 0 Å². The summed E-state index contributed by atoms with van der Waals surface area (Å²) in [6.07, 6.45) is 15.3. The molecular weight excluding hydrogens is 232 g/mol. The minimum Gasteiger partial charge on any atom is -0.299 e. The van der Waals surface area contributed by atoms with Gasteiger partial charge in [-0.2, -0.15) is 0 Å². The van der Waals surface area contributed by atoms with Crippen LogP contribution in [0.4, 0.5) is 0 Å². The minimum absolute atomic E-state index is 0. The Morgan fingerprint density at radius 1 is 0.947 bits per heavy atom. The van der Waals surface area contributed by atoms with Crippen LogP contribution in [0.3, 0.4) is 0 Å². The van der Waals surface area contributed by atoms with Crippen molar-refractivity contribution < 1.29 is 4.79 Å². The summed E-state index contributed by atoms with van der Waals surface area (Å²) in [4.78, 5) is 12.4. The average Bonchev–Trinajstić information content (AvgIpc) is 2.43. The minimum atomic E-state index is 0. The number of Topliss-reactive ketones (excluding diaryl/α,β-unsaturated/α-hetero) is 1. The van der Waals surface area contributed by atoms with Crippen LogP contribution in [-0.4, -0.2) is 5.78 Å². The van der Waals surface area contributed by atoms with Crippen LogP contribution in [0.2, 0.25) is 0 Å². The van der Waals surface area contributed by atoms with Crippen LogP contribution in [0, 0.1) is 17.8 Å². The smallest absolute Gasteiger partial charge is 0.136 e. The van der Waals surface area contributed by atoms with Gasteiger partial charge in [-0.05, 0) is 31.1 Å². The van der Waals surface area contributed by atoms with Crippen molar-refractivity contribution in [2.24, 2.45) is 17.8 Å². The van der Waals surface area contributed by atoms with E-state index in [2.05, 4.69) is 6.92 Å². The summed E-state index contributed by atoms with van der Waals surface area (Å²) in [6.45, 7) is 2.23. The lowest BCUT2D eigenvalue weighted by Crippen LogP contribution is -2.35. The van der Waals surface area contributed by atoms with Gasteiger partial charge in [0.05, 0.1) is 0 Å². The zero-order chi connectivity index (χ0) is 12.8. The molecule has 0 aromatic carbocycles. The van der Waals surface area contributed by atoms with E-state index in [4.69, 9.17) is 0 Å². The lowest BCUT2D eigenvalue weighted by Gasteiger charge is -2.40. The van der Waals surface area contributed by atoms with Crippen molar-refractivity contribution in [2.45, 2.75) is 91.4 Å². The number of fused-ring (bicyclic) bond motifs is 1. The number of rotatable bonds is 6. The molecule has 1 nitrogen and oxygen atoms in total. The molecular formula is C18H34O. The van der Waals surface area contributed by atoms with E-state index in [9.17, 15) is 4.79 Å². The molecule has 0 spiro atoms. The fourth-order valence-corrected chi connectivity index (χ4v) is 4.25. The van der Waals surface area contributed by atoms with Gasteiger partial charge in [0, 0.05) is 12.3 Å². The predicted octanol–water partition coefficient (Wildman–Crippen LogP) is 5.77. The maximum atomic E-state index is 12.4. The van der Waals surface area contributed by atoms with Gasteiger partial charge in [0.25, 0.3) is 0 Å². The van der Waals surface area contributed by atoms with Gasteiger partial charge in [-0.15, -0.1) is 0 Å². The van der Waals surface area contributed by atoms with Crippen LogP contribution in [0.5, 0.6) is 0 Å².